The summed E-state index contributed by atoms with van der Waals surface area (Å²) in [5.74, 6) is -0.724. The number of carbonyl (C=O) groups is 1. The van der Waals surface area contributed by atoms with Crippen LogP contribution in [-0.2, 0) is 25.6 Å². The van der Waals surface area contributed by atoms with Crippen molar-refractivity contribution in [2.45, 2.75) is 23.1 Å². The first-order valence-corrected chi connectivity index (χ1v) is 13.7. The highest BCUT2D eigenvalue weighted by Gasteiger charge is 2.26. The summed E-state index contributed by atoms with van der Waals surface area (Å²) in [6.45, 7) is 1.89. The molecule has 0 aromatic heterocycles. The molecule has 1 amide bonds. The van der Waals surface area contributed by atoms with Gasteiger partial charge in [-0.2, -0.15) is 0 Å². The van der Waals surface area contributed by atoms with Crippen molar-refractivity contribution in [1.82, 2.24) is 0 Å². The zero-order chi connectivity index (χ0) is 25.3. The lowest BCUT2D eigenvalue weighted by atomic mass is 10.0. The Bertz CT molecular complexity index is 1510. The van der Waals surface area contributed by atoms with Crippen LogP contribution in [0.25, 0.3) is 17.2 Å². The van der Waals surface area contributed by atoms with Crippen LogP contribution < -0.4 is 10.5 Å². The van der Waals surface area contributed by atoms with Crippen molar-refractivity contribution < 1.29 is 21.8 Å². The molecule has 1 aliphatic carbocycles. The summed E-state index contributed by atoms with van der Waals surface area (Å²) in [4.78, 5) is 13.5. The molecule has 9 heteroatoms. The Balaban J connectivity index is 1.63. The van der Waals surface area contributed by atoms with E-state index in [0.29, 0.717) is 16.8 Å². The molecule has 0 heterocycles. The molecule has 0 aliphatic heterocycles. The number of benzene rings is 3. The standard InChI is InChI=1S/C26H23FN2O4S2/c1-16-23(13-17-3-8-20(9-4-17)34(2)31)22-12-5-18(27)14-25(22)24(16)15-26(30)29-19-6-10-21(11-7-19)35(28,32)33/h3-14H,15H2,1-2H3,(H,29,30)(H2,28,32,33)/b23-13+. The van der Waals surface area contributed by atoms with Crippen molar-refractivity contribution in [3.8, 4) is 0 Å². The lowest BCUT2D eigenvalue weighted by Crippen LogP contribution is -2.14. The van der Waals surface area contributed by atoms with Crippen LogP contribution >= 0.6 is 0 Å². The first-order valence-electron chi connectivity index (χ1n) is 10.6. The van der Waals surface area contributed by atoms with Gasteiger partial charge in [0.1, 0.15) is 5.82 Å². The van der Waals surface area contributed by atoms with Crippen molar-refractivity contribution in [3.05, 3.63) is 94.8 Å². The molecule has 35 heavy (non-hydrogen) atoms. The fourth-order valence-corrected chi connectivity index (χ4v) is 5.03. The Kier molecular flexibility index (Phi) is 6.84. The van der Waals surface area contributed by atoms with Crippen LogP contribution in [-0.4, -0.2) is 24.8 Å². The van der Waals surface area contributed by atoms with E-state index < -0.39 is 26.6 Å². The smallest absolute Gasteiger partial charge is 0.238 e. The van der Waals surface area contributed by atoms with Crippen LogP contribution in [0.15, 0.2) is 82.1 Å². The van der Waals surface area contributed by atoms with Gasteiger partial charge in [0.15, 0.2) is 0 Å². The molecule has 0 saturated heterocycles. The summed E-state index contributed by atoms with van der Waals surface area (Å²) in [6.07, 6.45) is 3.59. The molecule has 1 aliphatic rings. The van der Waals surface area contributed by atoms with Gasteiger partial charge in [-0.05, 0) is 94.9 Å². The Morgan fingerprint density at radius 2 is 1.69 bits per heavy atom. The van der Waals surface area contributed by atoms with E-state index in [-0.39, 0.29) is 17.2 Å². The number of carbonyl (C=O) groups excluding carboxylic acids is 1. The Morgan fingerprint density at radius 3 is 2.29 bits per heavy atom. The van der Waals surface area contributed by atoms with E-state index in [9.17, 15) is 21.8 Å². The van der Waals surface area contributed by atoms with E-state index in [1.54, 1.807) is 24.5 Å². The molecule has 3 aromatic rings. The molecular formula is C26H23FN2O4S2. The number of hydrogen-bond acceptors (Lipinski definition) is 4. The molecule has 0 bridgehead atoms. The number of nitrogens with two attached hydrogens (primary N) is 1. The van der Waals surface area contributed by atoms with Crippen LogP contribution in [0.1, 0.15) is 30.0 Å². The highest BCUT2D eigenvalue weighted by Crippen LogP contribution is 2.44. The van der Waals surface area contributed by atoms with Gasteiger partial charge in [-0.1, -0.05) is 18.2 Å². The predicted molar refractivity (Wildman–Crippen MR) is 137 cm³/mol. The lowest BCUT2D eigenvalue weighted by molar-refractivity contribution is -0.115. The van der Waals surface area contributed by atoms with Crippen LogP contribution in [0.3, 0.4) is 0 Å². The first kappa shape index (κ1) is 24.7. The average molecular weight is 511 g/mol. The maximum absolute atomic E-state index is 14.1. The van der Waals surface area contributed by atoms with E-state index in [4.69, 9.17) is 5.14 Å². The fourth-order valence-electron chi connectivity index (χ4n) is 4.00. The Labute approximate surface area is 205 Å². The fraction of sp³-hybridized carbons (Fsp3) is 0.115. The van der Waals surface area contributed by atoms with E-state index in [2.05, 4.69) is 5.32 Å². The molecule has 3 N–H and O–H groups in total. The molecule has 1 atom stereocenters. The number of amides is 1. The van der Waals surface area contributed by atoms with Gasteiger partial charge >= 0.3 is 0 Å². The number of allylic oxidation sites excluding steroid dienone is 2. The van der Waals surface area contributed by atoms with Crippen LogP contribution in [0.5, 0.6) is 0 Å². The van der Waals surface area contributed by atoms with E-state index in [0.717, 1.165) is 27.2 Å². The van der Waals surface area contributed by atoms with Gasteiger partial charge in [-0.25, -0.2) is 17.9 Å². The normalized spacial score (nSPS) is 15.3. The zero-order valence-corrected chi connectivity index (χ0v) is 20.7. The molecular weight excluding hydrogens is 487 g/mol. The summed E-state index contributed by atoms with van der Waals surface area (Å²) < 4.78 is 48.6. The number of primary sulfonamides is 1. The summed E-state index contributed by atoms with van der Waals surface area (Å²) in [6, 6.07) is 17.4. The quantitative estimate of drug-likeness (QED) is 0.507. The van der Waals surface area contributed by atoms with E-state index in [1.807, 2.05) is 25.1 Å². The largest absolute Gasteiger partial charge is 0.326 e. The molecule has 3 aromatic carbocycles. The number of fused-ring (bicyclic) bond motifs is 1. The van der Waals surface area contributed by atoms with Gasteiger partial charge in [-0.15, -0.1) is 0 Å². The third-order valence-corrected chi connectivity index (χ3v) is 7.65. The predicted octanol–water partition coefficient (Wildman–Crippen LogP) is 4.57. The van der Waals surface area contributed by atoms with E-state index in [1.165, 1.54) is 36.4 Å². The lowest BCUT2D eigenvalue weighted by Gasteiger charge is -2.09. The number of anilines is 1. The van der Waals surface area contributed by atoms with Crippen LogP contribution in [0.4, 0.5) is 10.1 Å². The van der Waals surface area contributed by atoms with Crippen molar-refractivity contribution >= 4 is 49.6 Å². The van der Waals surface area contributed by atoms with Gasteiger partial charge in [-0.3, -0.25) is 9.00 Å². The van der Waals surface area contributed by atoms with Gasteiger partial charge in [0.2, 0.25) is 15.9 Å². The second-order valence-electron chi connectivity index (χ2n) is 8.17. The first-order chi connectivity index (χ1) is 16.5. The van der Waals surface area contributed by atoms with Crippen LogP contribution in [0, 0.1) is 5.82 Å². The monoisotopic (exact) mass is 510 g/mol. The van der Waals surface area contributed by atoms with Gasteiger partial charge in [0.25, 0.3) is 0 Å². The van der Waals surface area contributed by atoms with Crippen molar-refractivity contribution in [2.24, 2.45) is 5.14 Å². The minimum atomic E-state index is -3.83. The summed E-state index contributed by atoms with van der Waals surface area (Å²) in [7, 11) is -4.90. The van der Waals surface area contributed by atoms with E-state index >= 15 is 0 Å². The Morgan fingerprint density at radius 1 is 1.03 bits per heavy atom. The second kappa shape index (κ2) is 9.69. The Hall–Kier alpha value is -3.40. The van der Waals surface area contributed by atoms with Gasteiger partial charge < -0.3 is 5.32 Å². The van der Waals surface area contributed by atoms with Crippen LogP contribution in [0.2, 0.25) is 0 Å². The number of halogens is 1. The minimum Gasteiger partial charge on any atom is -0.326 e. The number of hydrogen-bond donors (Lipinski definition) is 2. The summed E-state index contributed by atoms with van der Waals surface area (Å²) in [5, 5.41) is 7.85. The average Bonchev–Trinajstić information content (AvgIpc) is 3.04. The molecule has 1 unspecified atom stereocenters. The number of sulfonamides is 1. The highest BCUT2D eigenvalue weighted by atomic mass is 32.2. The molecule has 0 fully saturated rings. The van der Waals surface area contributed by atoms with Gasteiger partial charge in [0.05, 0.1) is 11.3 Å². The third kappa shape index (κ3) is 5.48. The summed E-state index contributed by atoms with van der Waals surface area (Å²) >= 11 is 0. The minimum absolute atomic E-state index is 0.00429. The second-order valence-corrected chi connectivity index (χ2v) is 11.1. The topological polar surface area (TPSA) is 106 Å². The number of nitrogens with one attached hydrogen (secondary N) is 1. The summed E-state index contributed by atoms with van der Waals surface area (Å²) in [5.41, 5.74) is 5.23. The molecule has 180 valence electrons. The van der Waals surface area contributed by atoms with Crippen molar-refractivity contribution in [1.29, 1.82) is 0 Å². The van der Waals surface area contributed by atoms with Gasteiger partial charge in [0, 0.05) is 27.6 Å². The molecule has 4 rings (SSSR count). The van der Waals surface area contributed by atoms with Crippen molar-refractivity contribution in [3.63, 3.8) is 0 Å². The third-order valence-electron chi connectivity index (χ3n) is 5.78. The molecule has 0 saturated carbocycles. The molecule has 6 nitrogen and oxygen atoms in total. The molecule has 0 radical (unpaired) electrons. The zero-order valence-electron chi connectivity index (χ0n) is 19.0. The maximum Gasteiger partial charge on any atom is 0.238 e. The van der Waals surface area contributed by atoms with Crippen molar-refractivity contribution in [2.75, 3.05) is 11.6 Å². The SMILES string of the molecule is CC1=C(CC(=O)Nc2ccc(S(N)(=O)=O)cc2)c2cc(F)ccc2/C1=C/c1ccc(S(C)=O)cc1. The maximum atomic E-state index is 14.1. The number of rotatable bonds is 6. The highest BCUT2D eigenvalue weighted by molar-refractivity contribution is 7.89. The molecule has 0 spiro atoms.